The van der Waals surface area contributed by atoms with Gasteiger partial charge in [0.2, 0.25) is 0 Å². The lowest BCUT2D eigenvalue weighted by molar-refractivity contribution is -0.142. The van der Waals surface area contributed by atoms with Crippen LogP contribution in [0.2, 0.25) is 0 Å². The number of thioether (sulfide) groups is 1. The largest absolute Gasteiger partial charge is 0.481 e. The first-order chi connectivity index (χ1) is 9.56. The van der Waals surface area contributed by atoms with E-state index in [2.05, 4.69) is 38.1 Å². The first kappa shape index (κ1) is 15.4. The second kappa shape index (κ2) is 7.16. The van der Waals surface area contributed by atoms with Crippen molar-refractivity contribution in [2.24, 2.45) is 5.92 Å². The summed E-state index contributed by atoms with van der Waals surface area (Å²) in [4.78, 5) is 10.9. The number of carbonyl (C=O) groups is 1. The monoisotopic (exact) mass is 292 g/mol. The molecular weight excluding hydrogens is 268 g/mol. The molecule has 0 amide bonds. The van der Waals surface area contributed by atoms with Crippen LogP contribution >= 0.6 is 11.8 Å². The Kier molecular flexibility index (Phi) is 5.53. The molecule has 1 aromatic carbocycles. The van der Waals surface area contributed by atoms with Gasteiger partial charge in [-0.3, -0.25) is 4.79 Å². The van der Waals surface area contributed by atoms with E-state index < -0.39 is 5.97 Å². The van der Waals surface area contributed by atoms with E-state index >= 15 is 0 Å². The number of hydrogen-bond acceptors (Lipinski definition) is 2. The molecule has 0 aliphatic heterocycles. The SMILES string of the molecule is CC(C)c1ccc(CSC2CCC(C(=O)O)CC2)cc1. The van der Waals surface area contributed by atoms with Gasteiger partial charge in [-0.1, -0.05) is 38.1 Å². The lowest BCUT2D eigenvalue weighted by Gasteiger charge is -2.25. The average molecular weight is 292 g/mol. The van der Waals surface area contributed by atoms with Crippen molar-refractivity contribution in [2.45, 2.75) is 56.5 Å². The quantitative estimate of drug-likeness (QED) is 0.855. The summed E-state index contributed by atoms with van der Waals surface area (Å²) in [7, 11) is 0. The highest BCUT2D eigenvalue weighted by atomic mass is 32.2. The molecule has 1 N–H and O–H groups in total. The van der Waals surface area contributed by atoms with Crippen LogP contribution < -0.4 is 0 Å². The van der Waals surface area contributed by atoms with Gasteiger partial charge in [0.1, 0.15) is 0 Å². The molecule has 0 radical (unpaired) electrons. The van der Waals surface area contributed by atoms with E-state index in [0.29, 0.717) is 11.2 Å². The molecule has 110 valence electrons. The Morgan fingerprint density at radius 3 is 2.30 bits per heavy atom. The summed E-state index contributed by atoms with van der Waals surface area (Å²) in [6, 6.07) is 8.90. The van der Waals surface area contributed by atoms with Crippen molar-refractivity contribution in [1.82, 2.24) is 0 Å². The molecule has 3 heteroatoms. The third-order valence-corrected chi connectivity index (χ3v) is 5.60. The van der Waals surface area contributed by atoms with Crippen LogP contribution in [0.4, 0.5) is 0 Å². The molecule has 1 fully saturated rings. The molecule has 0 heterocycles. The summed E-state index contributed by atoms with van der Waals surface area (Å²) in [6.45, 7) is 4.43. The first-order valence-corrected chi connectivity index (χ1v) is 8.54. The van der Waals surface area contributed by atoms with E-state index in [9.17, 15) is 4.79 Å². The Bertz CT molecular complexity index is 431. The van der Waals surface area contributed by atoms with Crippen molar-refractivity contribution in [3.63, 3.8) is 0 Å². The third kappa shape index (κ3) is 4.27. The normalized spacial score (nSPS) is 22.9. The molecule has 0 spiro atoms. The number of carboxylic acids is 1. The predicted molar refractivity (Wildman–Crippen MR) is 85.2 cm³/mol. The van der Waals surface area contributed by atoms with Gasteiger partial charge in [0.05, 0.1) is 5.92 Å². The zero-order valence-corrected chi connectivity index (χ0v) is 13.2. The van der Waals surface area contributed by atoms with Crippen LogP contribution in [0.5, 0.6) is 0 Å². The van der Waals surface area contributed by atoms with Crippen LogP contribution in [-0.2, 0) is 10.5 Å². The fourth-order valence-electron chi connectivity index (χ4n) is 2.69. The van der Waals surface area contributed by atoms with Gasteiger partial charge < -0.3 is 5.11 Å². The summed E-state index contributed by atoms with van der Waals surface area (Å²) in [6.07, 6.45) is 3.79. The molecule has 1 aliphatic rings. The van der Waals surface area contributed by atoms with E-state index in [1.54, 1.807) is 0 Å². The number of carboxylic acid groups (broad SMARTS) is 1. The van der Waals surface area contributed by atoms with Crippen LogP contribution in [0.25, 0.3) is 0 Å². The molecule has 1 saturated carbocycles. The van der Waals surface area contributed by atoms with E-state index in [4.69, 9.17) is 5.11 Å². The number of aliphatic carboxylic acids is 1. The Morgan fingerprint density at radius 1 is 1.20 bits per heavy atom. The maximum atomic E-state index is 10.9. The van der Waals surface area contributed by atoms with Crippen LogP contribution in [0.15, 0.2) is 24.3 Å². The minimum Gasteiger partial charge on any atom is -0.481 e. The molecular formula is C17H24O2S. The second-order valence-corrected chi connectivity index (χ2v) is 7.31. The fraction of sp³-hybridized carbons (Fsp3) is 0.588. The molecule has 0 atom stereocenters. The second-order valence-electron chi connectivity index (χ2n) is 6.02. The van der Waals surface area contributed by atoms with Crippen LogP contribution in [0, 0.1) is 5.92 Å². The molecule has 0 aromatic heterocycles. The first-order valence-electron chi connectivity index (χ1n) is 7.49. The smallest absolute Gasteiger partial charge is 0.306 e. The highest BCUT2D eigenvalue weighted by molar-refractivity contribution is 7.99. The van der Waals surface area contributed by atoms with E-state index in [1.807, 2.05) is 11.8 Å². The zero-order chi connectivity index (χ0) is 14.5. The predicted octanol–water partition coefficient (Wildman–Crippen LogP) is 4.69. The van der Waals surface area contributed by atoms with E-state index in [1.165, 1.54) is 11.1 Å². The Balaban J connectivity index is 1.77. The van der Waals surface area contributed by atoms with Crippen LogP contribution in [-0.4, -0.2) is 16.3 Å². The standard InChI is InChI=1S/C17H24O2S/c1-12(2)14-5-3-13(4-6-14)11-20-16-9-7-15(8-10-16)17(18)19/h3-6,12,15-16H,7-11H2,1-2H3,(H,18,19). The molecule has 0 bridgehead atoms. The van der Waals surface area contributed by atoms with Gasteiger partial charge in [-0.2, -0.15) is 11.8 Å². The van der Waals surface area contributed by atoms with Crippen molar-refractivity contribution in [2.75, 3.05) is 0 Å². The molecule has 1 aliphatic carbocycles. The lowest BCUT2D eigenvalue weighted by atomic mass is 9.89. The summed E-state index contributed by atoms with van der Waals surface area (Å²) >= 11 is 1.99. The molecule has 1 aromatic rings. The maximum absolute atomic E-state index is 10.9. The minimum absolute atomic E-state index is 0.0998. The molecule has 0 unspecified atom stereocenters. The third-order valence-electron chi connectivity index (χ3n) is 4.16. The Labute approximate surface area is 126 Å². The molecule has 20 heavy (non-hydrogen) atoms. The molecule has 2 nitrogen and oxygen atoms in total. The highest BCUT2D eigenvalue weighted by Crippen LogP contribution is 2.33. The summed E-state index contributed by atoms with van der Waals surface area (Å²) in [5, 5.41) is 9.63. The molecule has 2 rings (SSSR count). The summed E-state index contributed by atoms with van der Waals surface area (Å²) in [5.74, 6) is 0.915. The van der Waals surface area contributed by atoms with Crippen molar-refractivity contribution < 1.29 is 9.90 Å². The fourth-order valence-corrected chi connectivity index (χ4v) is 3.92. The Hall–Kier alpha value is -0.960. The minimum atomic E-state index is -0.613. The lowest BCUT2D eigenvalue weighted by Crippen LogP contribution is -2.22. The number of hydrogen-bond donors (Lipinski definition) is 1. The van der Waals surface area contributed by atoms with E-state index in [0.717, 1.165) is 31.4 Å². The van der Waals surface area contributed by atoms with Gasteiger partial charge in [0.15, 0.2) is 0 Å². The van der Waals surface area contributed by atoms with Gasteiger partial charge >= 0.3 is 5.97 Å². The maximum Gasteiger partial charge on any atom is 0.306 e. The number of rotatable bonds is 5. The van der Waals surface area contributed by atoms with Gasteiger partial charge in [0.25, 0.3) is 0 Å². The van der Waals surface area contributed by atoms with Crippen LogP contribution in [0.3, 0.4) is 0 Å². The topological polar surface area (TPSA) is 37.3 Å². The summed E-state index contributed by atoms with van der Waals surface area (Å²) < 4.78 is 0. The van der Waals surface area contributed by atoms with Crippen molar-refractivity contribution in [3.8, 4) is 0 Å². The molecule has 0 saturated heterocycles. The number of benzene rings is 1. The van der Waals surface area contributed by atoms with Crippen LogP contribution in [0.1, 0.15) is 56.6 Å². The van der Waals surface area contributed by atoms with Crippen molar-refractivity contribution in [3.05, 3.63) is 35.4 Å². The zero-order valence-electron chi connectivity index (χ0n) is 12.3. The van der Waals surface area contributed by atoms with Gasteiger partial charge in [-0.25, -0.2) is 0 Å². The van der Waals surface area contributed by atoms with Gasteiger partial charge in [-0.05, 0) is 42.7 Å². The van der Waals surface area contributed by atoms with Crippen molar-refractivity contribution in [1.29, 1.82) is 0 Å². The van der Waals surface area contributed by atoms with Crippen molar-refractivity contribution >= 4 is 17.7 Å². The van der Waals surface area contributed by atoms with E-state index in [-0.39, 0.29) is 5.92 Å². The van der Waals surface area contributed by atoms with Gasteiger partial charge in [-0.15, -0.1) is 0 Å². The summed E-state index contributed by atoms with van der Waals surface area (Å²) in [5.41, 5.74) is 2.76. The highest BCUT2D eigenvalue weighted by Gasteiger charge is 2.25. The van der Waals surface area contributed by atoms with Gasteiger partial charge in [0, 0.05) is 11.0 Å². The Morgan fingerprint density at radius 2 is 1.80 bits per heavy atom. The average Bonchev–Trinajstić information content (AvgIpc) is 2.46.